The van der Waals surface area contributed by atoms with Gasteiger partial charge in [-0.2, -0.15) is 0 Å². The molecule has 0 fully saturated rings. The van der Waals surface area contributed by atoms with Crippen molar-refractivity contribution in [2.75, 3.05) is 15.9 Å². The minimum Gasteiger partial charge on any atom is -0.299 e. The molecule has 148 valence electrons. The van der Waals surface area contributed by atoms with E-state index in [1.165, 1.54) is 48.2 Å². The van der Waals surface area contributed by atoms with Crippen molar-refractivity contribution in [3.05, 3.63) is 28.2 Å². The van der Waals surface area contributed by atoms with E-state index in [1.807, 2.05) is 13.8 Å². The average Bonchev–Trinajstić information content (AvgIpc) is 2.90. The molecular formula is C15H18Cl2N4O3S3. The molecule has 1 N–H and O–H groups in total. The summed E-state index contributed by atoms with van der Waals surface area (Å²) in [7, 11) is -3.78. The van der Waals surface area contributed by atoms with Crippen molar-refractivity contribution in [2.45, 2.75) is 36.4 Å². The highest BCUT2D eigenvalue weighted by Gasteiger charge is 2.30. The van der Waals surface area contributed by atoms with Crippen LogP contribution in [-0.4, -0.2) is 42.1 Å². The van der Waals surface area contributed by atoms with Crippen LogP contribution in [0.5, 0.6) is 0 Å². The Hall–Kier alpha value is -1.07. The van der Waals surface area contributed by atoms with Crippen LogP contribution in [0.3, 0.4) is 0 Å². The maximum absolute atomic E-state index is 12.6. The van der Waals surface area contributed by atoms with Gasteiger partial charge in [-0.05, 0) is 25.1 Å². The molecule has 1 aromatic heterocycles. The number of benzene rings is 1. The fourth-order valence-corrected chi connectivity index (χ4v) is 5.85. The number of halogens is 2. The highest BCUT2D eigenvalue weighted by atomic mass is 35.5. The lowest BCUT2D eigenvalue weighted by atomic mass is 10.2. The number of aromatic nitrogens is 2. The fourth-order valence-electron chi connectivity index (χ4n) is 2.19. The van der Waals surface area contributed by atoms with Crippen LogP contribution >= 0.6 is 46.3 Å². The molecule has 27 heavy (non-hydrogen) atoms. The van der Waals surface area contributed by atoms with Gasteiger partial charge in [-0.1, -0.05) is 60.1 Å². The molecule has 2 rings (SSSR count). The van der Waals surface area contributed by atoms with Gasteiger partial charge < -0.3 is 0 Å². The van der Waals surface area contributed by atoms with Crippen molar-refractivity contribution in [3.63, 3.8) is 0 Å². The second-order valence-electron chi connectivity index (χ2n) is 5.89. The lowest BCUT2D eigenvalue weighted by Gasteiger charge is -2.28. The molecule has 1 amide bonds. The average molecular weight is 469 g/mol. The van der Waals surface area contributed by atoms with Gasteiger partial charge in [-0.3, -0.25) is 14.4 Å². The molecule has 0 aliphatic rings. The molecule has 0 aliphatic carbocycles. The van der Waals surface area contributed by atoms with Crippen molar-refractivity contribution < 1.29 is 13.2 Å². The normalized spacial score (nSPS) is 12.9. The Bertz CT molecular complexity index is 914. The zero-order valence-electron chi connectivity index (χ0n) is 14.9. The van der Waals surface area contributed by atoms with Gasteiger partial charge in [-0.25, -0.2) is 8.42 Å². The SMILES string of the molecule is CC(C)Sc1nnc(NC(=O)[C@H](C)N(c2cc(Cl)cc(Cl)c2)S(C)(=O)=O)s1. The van der Waals surface area contributed by atoms with Gasteiger partial charge in [0, 0.05) is 15.3 Å². The number of hydrogen-bond acceptors (Lipinski definition) is 7. The maximum atomic E-state index is 12.6. The molecular weight excluding hydrogens is 451 g/mol. The predicted octanol–water partition coefficient (Wildman–Crippen LogP) is 4.14. The minimum atomic E-state index is -3.78. The largest absolute Gasteiger partial charge is 0.299 e. The summed E-state index contributed by atoms with van der Waals surface area (Å²) in [6, 6.07) is 3.29. The number of thioether (sulfide) groups is 1. The van der Waals surface area contributed by atoms with E-state index >= 15 is 0 Å². The van der Waals surface area contributed by atoms with Crippen molar-refractivity contribution in [2.24, 2.45) is 0 Å². The Labute approximate surface area is 176 Å². The van der Waals surface area contributed by atoms with E-state index in [4.69, 9.17) is 23.2 Å². The van der Waals surface area contributed by atoms with E-state index in [-0.39, 0.29) is 15.7 Å². The first kappa shape index (κ1) is 22.2. The fraction of sp³-hybridized carbons (Fsp3) is 0.400. The van der Waals surface area contributed by atoms with Gasteiger partial charge in [0.1, 0.15) is 6.04 Å². The van der Waals surface area contributed by atoms with Crippen molar-refractivity contribution in [1.29, 1.82) is 0 Å². The van der Waals surface area contributed by atoms with Gasteiger partial charge in [-0.15, -0.1) is 10.2 Å². The second-order valence-corrected chi connectivity index (χ2v) is 11.4. The van der Waals surface area contributed by atoms with Gasteiger partial charge in [0.25, 0.3) is 0 Å². The smallest absolute Gasteiger partial charge is 0.249 e. The first-order valence-electron chi connectivity index (χ1n) is 7.74. The molecule has 1 aromatic carbocycles. The molecule has 0 spiro atoms. The van der Waals surface area contributed by atoms with Crippen LogP contribution in [0.25, 0.3) is 0 Å². The molecule has 0 saturated carbocycles. The lowest BCUT2D eigenvalue weighted by molar-refractivity contribution is -0.116. The molecule has 0 bridgehead atoms. The van der Waals surface area contributed by atoms with Crippen molar-refractivity contribution >= 4 is 73.0 Å². The molecule has 0 aliphatic heterocycles. The van der Waals surface area contributed by atoms with Crippen LogP contribution in [0.4, 0.5) is 10.8 Å². The standard InChI is InChI=1S/C15H18Cl2N4O3S3/c1-8(2)25-15-20-19-14(26-15)18-13(22)9(3)21(27(4,23)24)12-6-10(16)5-11(17)7-12/h5-9H,1-4H3,(H,18,19,22)/t9-/m0/s1. The Morgan fingerprint density at radius 1 is 1.19 bits per heavy atom. The third kappa shape index (κ3) is 6.21. The third-order valence-corrected chi connectivity index (χ3v) is 6.77. The summed E-state index contributed by atoms with van der Waals surface area (Å²) in [5.41, 5.74) is 0.200. The summed E-state index contributed by atoms with van der Waals surface area (Å²) in [5.74, 6) is -0.547. The number of amides is 1. The first-order chi connectivity index (χ1) is 12.5. The first-order valence-corrected chi connectivity index (χ1v) is 12.0. The van der Waals surface area contributed by atoms with E-state index in [0.717, 1.165) is 14.9 Å². The van der Waals surface area contributed by atoms with E-state index in [2.05, 4.69) is 15.5 Å². The number of carbonyl (C=O) groups excluding carboxylic acids is 1. The number of rotatable bonds is 7. The predicted molar refractivity (Wildman–Crippen MR) is 113 cm³/mol. The van der Waals surface area contributed by atoms with Gasteiger partial charge in [0.05, 0.1) is 11.9 Å². The molecule has 0 unspecified atom stereocenters. The Kier molecular flexibility index (Phi) is 7.37. The third-order valence-electron chi connectivity index (χ3n) is 3.16. The van der Waals surface area contributed by atoms with Crippen LogP contribution in [0, 0.1) is 0 Å². The molecule has 2 aromatic rings. The number of hydrogen-bond donors (Lipinski definition) is 1. The van der Waals surface area contributed by atoms with Crippen molar-refractivity contribution in [1.82, 2.24) is 10.2 Å². The summed E-state index contributed by atoms with van der Waals surface area (Å²) < 4.78 is 26.3. The second kappa shape index (κ2) is 8.95. The highest BCUT2D eigenvalue weighted by molar-refractivity contribution is 8.01. The number of nitrogens with one attached hydrogen (secondary N) is 1. The Morgan fingerprint density at radius 2 is 1.78 bits per heavy atom. The van der Waals surface area contributed by atoms with Crippen molar-refractivity contribution in [3.8, 4) is 0 Å². The zero-order chi connectivity index (χ0) is 20.4. The maximum Gasteiger partial charge on any atom is 0.249 e. The van der Waals surface area contributed by atoms with E-state index < -0.39 is 22.0 Å². The van der Waals surface area contributed by atoms with Gasteiger partial charge in [0.15, 0.2) is 4.34 Å². The molecule has 7 nitrogen and oxygen atoms in total. The number of nitrogens with zero attached hydrogens (tertiary/aromatic N) is 3. The monoisotopic (exact) mass is 468 g/mol. The van der Waals surface area contributed by atoms with Crippen LogP contribution in [0.15, 0.2) is 22.5 Å². The minimum absolute atomic E-state index is 0.200. The summed E-state index contributed by atoms with van der Waals surface area (Å²) in [6.45, 7) is 5.51. The van der Waals surface area contributed by atoms with Crippen LogP contribution in [0.2, 0.25) is 10.0 Å². The summed E-state index contributed by atoms with van der Waals surface area (Å²) in [5, 5.41) is 11.7. The molecule has 0 radical (unpaired) electrons. The Morgan fingerprint density at radius 3 is 2.30 bits per heavy atom. The van der Waals surface area contributed by atoms with Crippen LogP contribution in [-0.2, 0) is 14.8 Å². The van der Waals surface area contributed by atoms with E-state index in [1.54, 1.807) is 0 Å². The molecule has 12 heteroatoms. The summed E-state index contributed by atoms with van der Waals surface area (Å²) in [4.78, 5) is 12.6. The van der Waals surface area contributed by atoms with E-state index in [9.17, 15) is 13.2 Å². The number of carbonyl (C=O) groups is 1. The van der Waals surface area contributed by atoms with E-state index in [0.29, 0.717) is 10.4 Å². The topological polar surface area (TPSA) is 92.3 Å². The van der Waals surface area contributed by atoms with Gasteiger partial charge in [0.2, 0.25) is 21.1 Å². The number of sulfonamides is 1. The molecule has 1 heterocycles. The zero-order valence-corrected chi connectivity index (χ0v) is 18.9. The number of anilines is 2. The molecule has 0 saturated heterocycles. The lowest BCUT2D eigenvalue weighted by Crippen LogP contribution is -2.45. The van der Waals surface area contributed by atoms with Crippen LogP contribution < -0.4 is 9.62 Å². The van der Waals surface area contributed by atoms with Crippen LogP contribution in [0.1, 0.15) is 20.8 Å². The Balaban J connectivity index is 2.26. The summed E-state index contributed by atoms with van der Waals surface area (Å²) in [6.07, 6.45) is 1.01. The summed E-state index contributed by atoms with van der Waals surface area (Å²) >= 11 is 14.7. The highest BCUT2D eigenvalue weighted by Crippen LogP contribution is 2.30. The van der Waals surface area contributed by atoms with Gasteiger partial charge >= 0.3 is 0 Å². The quantitative estimate of drug-likeness (QED) is 0.484. The molecule has 1 atom stereocenters.